The van der Waals surface area contributed by atoms with Crippen LogP contribution in [0.3, 0.4) is 0 Å². The van der Waals surface area contributed by atoms with Crippen LogP contribution >= 0.6 is 42.4 Å². The molecule has 0 heterocycles. The van der Waals surface area contributed by atoms with Gasteiger partial charge >= 0.3 is 7.60 Å². The first-order valence-electron chi connectivity index (χ1n) is 5.56. The van der Waals surface area contributed by atoms with Gasteiger partial charge in [-0.25, -0.2) is 4.57 Å². The van der Waals surface area contributed by atoms with E-state index in [1.807, 2.05) is 0 Å². The van der Waals surface area contributed by atoms with Gasteiger partial charge in [-0.1, -0.05) is 23.2 Å². The lowest BCUT2D eigenvalue weighted by atomic mass is 10.3. The second kappa shape index (κ2) is 6.73. The Hall–Kier alpha value is -0.860. The Labute approximate surface area is 131 Å². The van der Waals surface area contributed by atoms with Crippen LogP contribution in [0, 0.1) is 0 Å². The van der Waals surface area contributed by atoms with Crippen LogP contribution in [0.5, 0.6) is 11.5 Å². The van der Waals surface area contributed by atoms with Gasteiger partial charge in [0, 0.05) is 10.0 Å². The Kier molecular flexibility index (Phi) is 5.22. The van der Waals surface area contributed by atoms with Crippen LogP contribution in [0.4, 0.5) is 0 Å². The van der Waals surface area contributed by atoms with Gasteiger partial charge in [-0.2, -0.15) is 0 Å². The summed E-state index contributed by atoms with van der Waals surface area (Å²) in [6.45, 7) is 0. The Morgan fingerprint density at radius 3 is 1.45 bits per heavy atom. The molecule has 7 heteroatoms. The van der Waals surface area contributed by atoms with Crippen molar-refractivity contribution in [1.29, 1.82) is 0 Å². The van der Waals surface area contributed by atoms with Gasteiger partial charge in [0.1, 0.15) is 17.1 Å². The molecule has 0 spiro atoms. The van der Waals surface area contributed by atoms with Crippen molar-refractivity contribution in [1.82, 2.24) is 0 Å². The predicted octanol–water partition coefficient (Wildman–Crippen LogP) is 5.84. The third-order valence-electron chi connectivity index (χ3n) is 2.26. The van der Waals surface area contributed by atoms with Crippen molar-refractivity contribution in [3.63, 3.8) is 0 Å². The third kappa shape index (κ3) is 4.32. The predicted molar refractivity (Wildman–Crippen MR) is 82.5 cm³/mol. The van der Waals surface area contributed by atoms with E-state index in [-0.39, 0.29) is 5.62 Å². The first-order valence-corrected chi connectivity index (χ1v) is 8.58. The van der Waals surface area contributed by atoms with Crippen molar-refractivity contribution in [2.45, 2.75) is 0 Å². The summed E-state index contributed by atoms with van der Waals surface area (Å²) in [5.41, 5.74) is -0.280. The average Bonchev–Trinajstić information content (AvgIpc) is 2.44. The van der Waals surface area contributed by atoms with Crippen molar-refractivity contribution in [3.8, 4) is 11.5 Å². The topological polar surface area (TPSA) is 35.5 Å². The molecule has 2 aromatic carbocycles. The molecule has 0 fully saturated rings. The molecule has 0 aliphatic rings. The molecule has 2 rings (SSSR count). The minimum atomic E-state index is -3.50. The highest BCUT2D eigenvalue weighted by Gasteiger charge is 2.27. The summed E-state index contributed by atoms with van der Waals surface area (Å²) in [7, 11) is -3.50. The summed E-state index contributed by atoms with van der Waals surface area (Å²) in [4.78, 5) is 0. The molecule has 0 amide bonds. The van der Waals surface area contributed by atoms with Crippen LogP contribution in [0.25, 0.3) is 0 Å². The van der Waals surface area contributed by atoms with Crippen LogP contribution in [0.15, 0.2) is 48.5 Å². The standard InChI is InChI=1S/C13H10Cl3O3P/c14-9-20(17,18-12-5-1-10(15)2-6-12)19-13-7-3-11(16)4-8-13/h1-8H,9H2. The summed E-state index contributed by atoms with van der Waals surface area (Å²) in [6.07, 6.45) is 0. The maximum atomic E-state index is 12.4. The summed E-state index contributed by atoms with van der Waals surface area (Å²) in [5.74, 6) is 0.736. The molecule has 0 saturated heterocycles. The number of rotatable bonds is 5. The molecule has 0 saturated carbocycles. The average molecular weight is 352 g/mol. The van der Waals surface area contributed by atoms with Crippen LogP contribution in [0.1, 0.15) is 0 Å². The zero-order chi connectivity index (χ0) is 14.6. The number of hydrogen-bond acceptors (Lipinski definition) is 3. The maximum Gasteiger partial charge on any atom is 0.445 e. The van der Waals surface area contributed by atoms with E-state index in [0.29, 0.717) is 21.5 Å². The van der Waals surface area contributed by atoms with E-state index in [1.165, 1.54) is 0 Å². The van der Waals surface area contributed by atoms with Crippen molar-refractivity contribution >= 4 is 42.4 Å². The summed E-state index contributed by atoms with van der Waals surface area (Å²) in [5, 5.41) is 1.10. The fourth-order valence-electron chi connectivity index (χ4n) is 1.38. The SMILES string of the molecule is O=P(CCl)(Oc1ccc(Cl)cc1)Oc1ccc(Cl)cc1. The highest BCUT2D eigenvalue weighted by molar-refractivity contribution is 7.56. The van der Waals surface area contributed by atoms with Crippen LogP contribution in [-0.4, -0.2) is 5.62 Å². The number of hydrogen-bond donors (Lipinski definition) is 0. The highest BCUT2D eigenvalue weighted by atomic mass is 35.5. The highest BCUT2D eigenvalue weighted by Crippen LogP contribution is 2.49. The van der Waals surface area contributed by atoms with Crippen LogP contribution < -0.4 is 9.05 Å². The fourth-order valence-corrected chi connectivity index (χ4v) is 2.94. The smallest absolute Gasteiger partial charge is 0.415 e. The second-order valence-corrected chi connectivity index (χ2v) is 7.24. The van der Waals surface area contributed by atoms with Crippen molar-refractivity contribution in [3.05, 3.63) is 58.6 Å². The van der Waals surface area contributed by atoms with E-state index in [2.05, 4.69) is 0 Å². The van der Waals surface area contributed by atoms with Crippen LogP contribution in [-0.2, 0) is 4.57 Å². The largest absolute Gasteiger partial charge is 0.445 e. The second-order valence-electron chi connectivity index (χ2n) is 3.82. The summed E-state index contributed by atoms with van der Waals surface area (Å²) < 4.78 is 23.1. The Morgan fingerprint density at radius 1 is 0.800 bits per heavy atom. The number of alkyl halides is 1. The van der Waals surface area contributed by atoms with Gasteiger partial charge in [0.2, 0.25) is 0 Å². The van der Waals surface area contributed by atoms with Gasteiger partial charge < -0.3 is 9.05 Å². The molecular weight excluding hydrogens is 341 g/mol. The van der Waals surface area contributed by atoms with E-state index in [9.17, 15) is 4.57 Å². The molecule has 106 valence electrons. The maximum absolute atomic E-state index is 12.4. The zero-order valence-electron chi connectivity index (χ0n) is 10.1. The summed E-state index contributed by atoms with van der Waals surface area (Å²) >= 11 is 17.2. The Bertz CT molecular complexity index is 562. The first-order chi connectivity index (χ1) is 9.50. The quantitative estimate of drug-likeness (QED) is 0.501. The number of halogens is 3. The molecular formula is C13H10Cl3O3P. The first kappa shape index (κ1) is 15.5. The lowest BCUT2D eigenvalue weighted by Gasteiger charge is -2.18. The van der Waals surface area contributed by atoms with Gasteiger partial charge in [-0.05, 0) is 48.5 Å². The number of benzene rings is 2. The molecule has 0 aliphatic carbocycles. The zero-order valence-corrected chi connectivity index (χ0v) is 13.3. The lowest BCUT2D eigenvalue weighted by Crippen LogP contribution is -2.02. The van der Waals surface area contributed by atoms with Gasteiger partial charge in [0.05, 0.1) is 0 Å². The molecule has 20 heavy (non-hydrogen) atoms. The van der Waals surface area contributed by atoms with Crippen molar-refractivity contribution in [2.75, 3.05) is 5.62 Å². The molecule has 0 atom stereocenters. The van der Waals surface area contributed by atoms with Gasteiger partial charge in [-0.3, -0.25) is 0 Å². The Balaban J connectivity index is 2.14. The van der Waals surface area contributed by atoms with Crippen molar-refractivity contribution < 1.29 is 13.6 Å². The monoisotopic (exact) mass is 350 g/mol. The summed E-state index contributed by atoms with van der Waals surface area (Å²) in [6, 6.07) is 12.9. The molecule has 3 nitrogen and oxygen atoms in total. The van der Waals surface area contributed by atoms with Crippen molar-refractivity contribution in [2.24, 2.45) is 0 Å². The molecule has 0 bridgehead atoms. The van der Waals surface area contributed by atoms with E-state index in [0.717, 1.165) is 0 Å². The molecule has 0 unspecified atom stereocenters. The molecule has 0 aliphatic heterocycles. The lowest BCUT2D eigenvalue weighted by molar-refractivity contribution is 0.391. The molecule has 0 N–H and O–H groups in total. The van der Waals surface area contributed by atoms with E-state index >= 15 is 0 Å². The van der Waals surface area contributed by atoms with Gasteiger partial charge in [0.15, 0.2) is 0 Å². The van der Waals surface area contributed by atoms with Gasteiger partial charge in [0.25, 0.3) is 0 Å². The van der Waals surface area contributed by atoms with E-state index in [4.69, 9.17) is 43.9 Å². The van der Waals surface area contributed by atoms with Gasteiger partial charge in [-0.15, -0.1) is 11.6 Å². The van der Waals surface area contributed by atoms with Crippen LogP contribution in [0.2, 0.25) is 10.0 Å². The fraction of sp³-hybridized carbons (Fsp3) is 0.0769. The van der Waals surface area contributed by atoms with E-state index < -0.39 is 7.60 Å². The van der Waals surface area contributed by atoms with E-state index in [1.54, 1.807) is 48.5 Å². The normalized spacial score (nSPS) is 11.2. The molecule has 0 radical (unpaired) electrons. The minimum absolute atomic E-state index is 0.280. The Morgan fingerprint density at radius 2 is 1.15 bits per heavy atom. The molecule has 0 aromatic heterocycles. The molecule has 2 aromatic rings. The third-order valence-corrected chi connectivity index (χ3v) is 4.92. The minimum Gasteiger partial charge on any atom is -0.415 e.